The van der Waals surface area contributed by atoms with Gasteiger partial charge in [0, 0.05) is 9.75 Å². The molecule has 10 fully saturated rings. The van der Waals surface area contributed by atoms with Gasteiger partial charge in [-0.1, -0.05) is 161 Å². The van der Waals surface area contributed by atoms with Crippen LogP contribution in [0.2, 0.25) is 0 Å². The van der Waals surface area contributed by atoms with Crippen molar-refractivity contribution < 1.29 is 0 Å². The van der Waals surface area contributed by atoms with Crippen molar-refractivity contribution in [2.24, 2.45) is 71.0 Å². The Morgan fingerprint density at radius 3 is 0.862 bits per heavy atom. The molecule has 10 aliphatic rings. The van der Waals surface area contributed by atoms with E-state index in [1.807, 2.05) is 41.5 Å². The normalized spacial score (nSPS) is 35.2. The SMILES string of the molecule is C1CCC(CCC2C3CCCCC3C3CCCCC32)C1.C1CCC2C(C1)CCC2CCC1CCC2CCCCC21.C1CCCC1.C1CCCC1.CC(C)(C)Cl.CC(C)(C)Cl.CC(C)(Cl)Cl. The fourth-order valence-electron chi connectivity index (χ4n) is 15.6. The van der Waals surface area contributed by atoms with E-state index in [1.165, 1.54) is 101 Å². The van der Waals surface area contributed by atoms with Crippen molar-refractivity contribution in [1.29, 1.82) is 0 Å². The van der Waals surface area contributed by atoms with E-state index in [0.29, 0.717) is 0 Å². The lowest BCUT2D eigenvalue weighted by Crippen LogP contribution is -2.22. The standard InChI is InChI=1S/2C20H34.2C5H10.2C4H9Cl.C3H6Cl2/c1-3-7-19-15(5-1)9-11-17(19)13-14-18-12-10-16-6-2-4-8-20(16)18;1-2-8-15(7-1)13-14-20-18-11-5-3-9-16(18)17-10-4-6-12-19(17)20;2*1-2-4-5-3-1;2*1-4(2,3)5;1-3(2,4)5/h2*15-20H,1-14H2;2*1-5H2;2*1-3H3;1-2H3. The molecule has 0 saturated heterocycles. The van der Waals surface area contributed by atoms with E-state index < -0.39 is 4.33 Å². The molecule has 0 heterocycles. The highest BCUT2D eigenvalue weighted by Crippen LogP contribution is 2.59. The second kappa shape index (κ2) is 30.9. The molecule has 10 saturated carbocycles. The van der Waals surface area contributed by atoms with Crippen LogP contribution >= 0.6 is 46.4 Å². The molecule has 0 aliphatic heterocycles. The van der Waals surface area contributed by atoms with Gasteiger partial charge in [-0.25, -0.2) is 0 Å². The minimum absolute atomic E-state index is 0.0278. The fourth-order valence-corrected chi connectivity index (χ4v) is 15.6. The first-order valence-corrected chi connectivity index (χ1v) is 31.1. The first-order valence-electron chi connectivity index (χ1n) is 29.6. The van der Waals surface area contributed by atoms with Crippen molar-refractivity contribution in [1.82, 2.24) is 0 Å². The highest BCUT2D eigenvalue weighted by atomic mass is 35.5. The molecule has 10 unspecified atom stereocenters. The summed E-state index contributed by atoms with van der Waals surface area (Å²) in [5, 5.41) is 0. The average molecular weight is 987 g/mol. The molecule has 0 aromatic carbocycles. The first-order chi connectivity index (χ1) is 30.8. The Labute approximate surface area is 428 Å². The monoisotopic (exact) mass is 985 g/mol. The summed E-state index contributed by atoms with van der Waals surface area (Å²) in [6, 6.07) is 0. The molecule has 0 bridgehead atoms. The van der Waals surface area contributed by atoms with E-state index in [4.69, 9.17) is 46.4 Å². The van der Waals surface area contributed by atoms with Gasteiger partial charge in [0.05, 0.1) is 0 Å². The third-order valence-electron chi connectivity index (χ3n) is 18.2. The average Bonchev–Trinajstić information content (AvgIpc) is 4.11. The number of fused-ring (bicyclic) bond motifs is 5. The van der Waals surface area contributed by atoms with Gasteiger partial charge in [-0.2, -0.15) is 0 Å². The van der Waals surface area contributed by atoms with Crippen LogP contribution in [0, 0.1) is 71.0 Å². The van der Waals surface area contributed by atoms with Crippen molar-refractivity contribution in [3.63, 3.8) is 0 Å². The molecule has 0 radical (unpaired) electrons. The van der Waals surface area contributed by atoms with E-state index in [1.54, 1.807) is 181 Å². The Morgan fingerprint density at radius 2 is 0.538 bits per heavy atom. The Balaban J connectivity index is 0.000000189. The maximum Gasteiger partial charge on any atom is 0.112 e. The highest BCUT2D eigenvalue weighted by Gasteiger charge is 2.50. The number of alkyl halides is 4. The van der Waals surface area contributed by atoms with Crippen molar-refractivity contribution >= 4 is 46.4 Å². The van der Waals surface area contributed by atoms with Gasteiger partial charge in [-0.3, -0.25) is 0 Å². The Morgan fingerprint density at radius 1 is 0.277 bits per heavy atom. The van der Waals surface area contributed by atoms with Gasteiger partial charge in [-0.05, 0) is 210 Å². The lowest BCUT2D eigenvalue weighted by molar-refractivity contribution is 0.184. The van der Waals surface area contributed by atoms with E-state index in [0.717, 1.165) is 47.3 Å². The minimum atomic E-state index is -0.556. The van der Waals surface area contributed by atoms with Crippen molar-refractivity contribution in [3.05, 3.63) is 0 Å². The van der Waals surface area contributed by atoms with Crippen LogP contribution in [0.4, 0.5) is 0 Å². The maximum atomic E-state index is 5.53. The van der Waals surface area contributed by atoms with E-state index >= 15 is 0 Å². The topological polar surface area (TPSA) is 0 Å². The van der Waals surface area contributed by atoms with Crippen LogP contribution in [-0.4, -0.2) is 14.1 Å². The van der Waals surface area contributed by atoms with E-state index in [-0.39, 0.29) is 9.75 Å². The molecule has 0 aromatic rings. The molecule has 0 amide bonds. The van der Waals surface area contributed by atoms with Gasteiger partial charge in [-0.15, -0.1) is 46.4 Å². The largest absolute Gasteiger partial charge is 0.120 e. The summed E-state index contributed by atoms with van der Waals surface area (Å²) in [7, 11) is 0. The summed E-state index contributed by atoms with van der Waals surface area (Å²) < 4.78 is -0.556. The second-order valence-corrected chi connectivity index (χ2v) is 30.6. The third kappa shape index (κ3) is 24.9. The first kappa shape index (κ1) is 58.7. The molecular weight excluding hydrogens is 874 g/mol. The van der Waals surface area contributed by atoms with Gasteiger partial charge in [0.1, 0.15) is 4.33 Å². The van der Waals surface area contributed by atoms with Crippen LogP contribution in [0.3, 0.4) is 0 Å². The minimum Gasteiger partial charge on any atom is -0.120 e. The zero-order valence-corrected chi connectivity index (χ0v) is 47.8. The van der Waals surface area contributed by atoms with E-state index in [2.05, 4.69) is 0 Å². The summed E-state index contributed by atoms with van der Waals surface area (Å²) in [6.07, 6.45) is 59.1. The van der Waals surface area contributed by atoms with Crippen LogP contribution in [-0.2, 0) is 0 Å². The molecule has 0 N–H and O–H groups in total. The highest BCUT2D eigenvalue weighted by molar-refractivity contribution is 6.47. The molecule has 0 nitrogen and oxygen atoms in total. The van der Waals surface area contributed by atoms with Gasteiger partial charge >= 0.3 is 0 Å². The van der Waals surface area contributed by atoms with Crippen LogP contribution in [0.15, 0.2) is 0 Å². The van der Waals surface area contributed by atoms with Crippen LogP contribution < -0.4 is 0 Å². The summed E-state index contributed by atoms with van der Waals surface area (Å²) in [5.41, 5.74) is 0. The summed E-state index contributed by atoms with van der Waals surface area (Å²) in [6.45, 7) is 15.2. The quantitative estimate of drug-likeness (QED) is 0.233. The maximum absolute atomic E-state index is 5.53. The van der Waals surface area contributed by atoms with Gasteiger partial charge in [0.2, 0.25) is 0 Å². The van der Waals surface area contributed by atoms with Crippen molar-refractivity contribution in [3.8, 4) is 0 Å². The number of rotatable bonds is 6. The molecule has 10 rings (SSSR count). The summed E-state index contributed by atoms with van der Waals surface area (Å²) in [5.74, 6) is 13.9. The Kier molecular flexibility index (Phi) is 27.9. The molecule has 65 heavy (non-hydrogen) atoms. The molecule has 0 aromatic heterocycles. The molecule has 0 spiro atoms. The van der Waals surface area contributed by atoms with Crippen LogP contribution in [0.1, 0.15) is 299 Å². The molecule has 384 valence electrons. The predicted octanol–water partition coefficient (Wildman–Crippen LogP) is 22.5. The molecule has 10 aliphatic carbocycles. The Hall–Kier alpha value is 1.16. The van der Waals surface area contributed by atoms with Gasteiger partial charge in [0.15, 0.2) is 0 Å². The number of hydrogen-bond donors (Lipinski definition) is 0. The number of halogens is 4. The second-order valence-electron chi connectivity index (χ2n) is 26.3. The Bertz CT molecular complexity index is 1050. The lowest BCUT2D eigenvalue weighted by Gasteiger charge is -2.32. The third-order valence-corrected chi connectivity index (χ3v) is 18.2. The van der Waals surface area contributed by atoms with Gasteiger partial charge < -0.3 is 0 Å². The zero-order chi connectivity index (χ0) is 47.3. The smallest absolute Gasteiger partial charge is 0.112 e. The van der Waals surface area contributed by atoms with Crippen molar-refractivity contribution in [2.45, 2.75) is 313 Å². The molecular formula is C61H112Cl4. The van der Waals surface area contributed by atoms with Crippen LogP contribution in [0.5, 0.6) is 0 Å². The predicted molar refractivity (Wildman–Crippen MR) is 294 cm³/mol. The summed E-state index contributed by atoms with van der Waals surface area (Å²) in [4.78, 5) is -0.0556. The number of hydrogen-bond acceptors (Lipinski definition) is 0. The summed E-state index contributed by atoms with van der Waals surface area (Å²) >= 11 is 21.7. The van der Waals surface area contributed by atoms with Gasteiger partial charge in [0.25, 0.3) is 0 Å². The van der Waals surface area contributed by atoms with Crippen LogP contribution in [0.25, 0.3) is 0 Å². The van der Waals surface area contributed by atoms with Crippen molar-refractivity contribution in [2.75, 3.05) is 0 Å². The lowest BCUT2D eigenvalue weighted by atomic mass is 9.73. The fraction of sp³-hybridized carbons (Fsp3) is 1.00. The molecule has 10 atom stereocenters. The zero-order valence-electron chi connectivity index (χ0n) is 44.8. The molecule has 4 heteroatoms. The van der Waals surface area contributed by atoms with E-state index in [9.17, 15) is 0 Å².